The standard InChI is InChI=1S/C30H28N4O3/c1-32-25-10-12-27(13-11-25)34-19-23-4-16-30(17-5-23)37-21-28(35)20-36-29-14-2-22(3-15-29)18-33-26-8-6-24(31)7-9-26/h2-19,28,35H,1,20-21,31H2/b33-18+,34-19+. The van der Waals surface area contributed by atoms with Gasteiger partial charge < -0.3 is 20.3 Å². The number of ether oxygens (including phenoxy) is 2. The molecule has 0 saturated heterocycles. The van der Waals surface area contributed by atoms with E-state index in [-0.39, 0.29) is 13.2 Å². The zero-order chi connectivity index (χ0) is 25.9. The Morgan fingerprint density at radius 2 is 1.05 bits per heavy atom. The van der Waals surface area contributed by atoms with Crippen LogP contribution in [0.5, 0.6) is 11.5 Å². The minimum absolute atomic E-state index is 0.115. The number of nitrogens with zero attached hydrogens (tertiary/aromatic N) is 3. The Hall–Kier alpha value is -4.75. The fourth-order valence-electron chi connectivity index (χ4n) is 3.24. The van der Waals surface area contributed by atoms with Crippen molar-refractivity contribution in [3.05, 3.63) is 108 Å². The molecule has 0 amide bonds. The molecular weight excluding hydrogens is 464 g/mol. The van der Waals surface area contributed by atoms with Crippen molar-refractivity contribution in [1.29, 1.82) is 0 Å². The highest BCUT2D eigenvalue weighted by molar-refractivity contribution is 5.82. The van der Waals surface area contributed by atoms with E-state index in [0.29, 0.717) is 17.2 Å². The number of anilines is 1. The van der Waals surface area contributed by atoms with Crippen LogP contribution in [0, 0.1) is 0 Å². The maximum Gasteiger partial charge on any atom is 0.122 e. The number of benzene rings is 4. The number of hydrogen-bond donors (Lipinski definition) is 2. The Bertz CT molecular complexity index is 1330. The van der Waals surface area contributed by atoms with Crippen molar-refractivity contribution in [3.63, 3.8) is 0 Å². The molecule has 0 aromatic heterocycles. The largest absolute Gasteiger partial charge is 0.491 e. The first-order valence-corrected chi connectivity index (χ1v) is 11.7. The number of rotatable bonds is 11. The second-order valence-electron chi connectivity index (χ2n) is 8.20. The Balaban J connectivity index is 1.19. The molecule has 0 spiro atoms. The maximum atomic E-state index is 10.2. The summed E-state index contributed by atoms with van der Waals surface area (Å²) in [5.41, 5.74) is 10.7. The average molecular weight is 493 g/mol. The molecule has 0 saturated carbocycles. The van der Waals surface area contributed by atoms with Crippen molar-refractivity contribution >= 4 is 41.9 Å². The van der Waals surface area contributed by atoms with Gasteiger partial charge in [0.2, 0.25) is 0 Å². The molecule has 0 aliphatic carbocycles. The van der Waals surface area contributed by atoms with E-state index in [2.05, 4.69) is 21.7 Å². The Labute approximate surface area is 216 Å². The number of aliphatic hydroxyl groups excluding tert-OH is 1. The Morgan fingerprint density at radius 3 is 1.49 bits per heavy atom. The second kappa shape index (κ2) is 12.8. The summed E-state index contributed by atoms with van der Waals surface area (Å²) in [6, 6.07) is 29.8. The molecule has 0 radical (unpaired) electrons. The van der Waals surface area contributed by atoms with Gasteiger partial charge in [-0.1, -0.05) is 0 Å². The van der Waals surface area contributed by atoms with Gasteiger partial charge in [0.1, 0.15) is 30.8 Å². The molecule has 7 nitrogen and oxygen atoms in total. The van der Waals surface area contributed by atoms with E-state index in [1.54, 1.807) is 12.4 Å². The summed E-state index contributed by atoms with van der Waals surface area (Å²) >= 11 is 0. The third kappa shape index (κ3) is 8.16. The lowest BCUT2D eigenvalue weighted by molar-refractivity contribution is 0.0626. The van der Waals surface area contributed by atoms with Gasteiger partial charge in [-0.05, 0) is 115 Å². The Kier molecular flexibility index (Phi) is 8.77. The van der Waals surface area contributed by atoms with Gasteiger partial charge >= 0.3 is 0 Å². The molecule has 0 heterocycles. The first-order chi connectivity index (χ1) is 18.1. The predicted octanol–water partition coefficient (Wildman–Crippen LogP) is 5.92. The van der Waals surface area contributed by atoms with Gasteiger partial charge in [0.15, 0.2) is 0 Å². The number of nitrogen functional groups attached to an aromatic ring is 1. The predicted molar refractivity (Wildman–Crippen MR) is 151 cm³/mol. The molecule has 37 heavy (non-hydrogen) atoms. The van der Waals surface area contributed by atoms with E-state index < -0.39 is 6.10 Å². The van der Waals surface area contributed by atoms with Crippen LogP contribution in [0.15, 0.2) is 112 Å². The van der Waals surface area contributed by atoms with Gasteiger partial charge in [0, 0.05) is 18.1 Å². The first-order valence-electron chi connectivity index (χ1n) is 11.7. The highest BCUT2D eigenvalue weighted by atomic mass is 16.5. The zero-order valence-electron chi connectivity index (χ0n) is 20.3. The molecule has 0 aliphatic rings. The highest BCUT2D eigenvalue weighted by Gasteiger charge is 2.07. The molecule has 1 unspecified atom stereocenters. The van der Waals surface area contributed by atoms with Crippen LogP contribution in [-0.2, 0) is 0 Å². The van der Waals surface area contributed by atoms with Crippen molar-refractivity contribution in [2.24, 2.45) is 15.0 Å². The molecule has 0 bridgehead atoms. The SMILES string of the molecule is C=Nc1ccc(/N=C/c2ccc(OCC(O)COc3ccc(/C=N/c4ccc(N)cc4)cc3)cc2)cc1. The molecule has 0 fully saturated rings. The van der Waals surface area contributed by atoms with Crippen molar-refractivity contribution < 1.29 is 14.6 Å². The fourth-order valence-corrected chi connectivity index (χ4v) is 3.24. The molecule has 186 valence electrons. The quantitative estimate of drug-likeness (QED) is 0.200. The van der Waals surface area contributed by atoms with Crippen LogP contribution in [0.1, 0.15) is 11.1 Å². The van der Waals surface area contributed by atoms with Crippen LogP contribution >= 0.6 is 0 Å². The zero-order valence-corrected chi connectivity index (χ0v) is 20.3. The molecule has 4 rings (SSSR count). The minimum Gasteiger partial charge on any atom is -0.491 e. The number of aliphatic imine (C=N–C) groups is 3. The molecule has 1 atom stereocenters. The van der Waals surface area contributed by atoms with Crippen molar-refractivity contribution in [2.75, 3.05) is 18.9 Å². The van der Waals surface area contributed by atoms with E-state index in [4.69, 9.17) is 15.2 Å². The second-order valence-corrected chi connectivity index (χ2v) is 8.20. The van der Waals surface area contributed by atoms with Crippen molar-refractivity contribution in [1.82, 2.24) is 0 Å². The summed E-state index contributed by atoms with van der Waals surface area (Å²) in [5.74, 6) is 1.31. The van der Waals surface area contributed by atoms with Crippen LogP contribution in [0.3, 0.4) is 0 Å². The Morgan fingerprint density at radius 1 is 0.649 bits per heavy atom. The fraction of sp³-hybridized carbons (Fsp3) is 0.100. The van der Waals surface area contributed by atoms with Gasteiger partial charge in [0.05, 0.1) is 17.1 Å². The van der Waals surface area contributed by atoms with E-state index in [1.807, 2.05) is 97.1 Å². The third-order valence-electron chi connectivity index (χ3n) is 5.30. The van der Waals surface area contributed by atoms with Gasteiger partial charge in [-0.25, -0.2) is 0 Å². The lowest BCUT2D eigenvalue weighted by Crippen LogP contribution is -2.25. The minimum atomic E-state index is -0.777. The van der Waals surface area contributed by atoms with E-state index in [0.717, 1.165) is 28.2 Å². The maximum absolute atomic E-state index is 10.2. The smallest absolute Gasteiger partial charge is 0.122 e. The normalized spacial score (nSPS) is 12.0. The molecule has 3 N–H and O–H groups in total. The summed E-state index contributed by atoms with van der Waals surface area (Å²) in [6.07, 6.45) is 2.77. The summed E-state index contributed by atoms with van der Waals surface area (Å²) in [4.78, 5) is 12.7. The first kappa shape index (κ1) is 25.3. The van der Waals surface area contributed by atoms with Gasteiger partial charge in [-0.3, -0.25) is 15.0 Å². The van der Waals surface area contributed by atoms with E-state index in [9.17, 15) is 5.11 Å². The van der Waals surface area contributed by atoms with Gasteiger partial charge in [0.25, 0.3) is 0 Å². The summed E-state index contributed by atoms with van der Waals surface area (Å²) in [6.45, 7) is 3.73. The molecule has 4 aromatic rings. The lowest BCUT2D eigenvalue weighted by atomic mass is 10.2. The molecule has 4 aromatic carbocycles. The average Bonchev–Trinajstić information content (AvgIpc) is 2.95. The molecule has 0 aliphatic heterocycles. The van der Waals surface area contributed by atoms with E-state index in [1.165, 1.54) is 0 Å². The monoisotopic (exact) mass is 492 g/mol. The highest BCUT2D eigenvalue weighted by Crippen LogP contribution is 2.19. The van der Waals surface area contributed by atoms with Crippen LogP contribution < -0.4 is 15.2 Å². The van der Waals surface area contributed by atoms with Crippen molar-refractivity contribution in [2.45, 2.75) is 6.10 Å². The van der Waals surface area contributed by atoms with Crippen LogP contribution in [0.25, 0.3) is 0 Å². The van der Waals surface area contributed by atoms with E-state index >= 15 is 0 Å². The van der Waals surface area contributed by atoms with Crippen molar-refractivity contribution in [3.8, 4) is 11.5 Å². The number of aliphatic hydroxyl groups is 1. The summed E-state index contributed by atoms with van der Waals surface area (Å²) < 4.78 is 11.4. The number of nitrogens with two attached hydrogens (primary N) is 1. The van der Waals surface area contributed by atoms with Crippen LogP contribution in [0.2, 0.25) is 0 Å². The van der Waals surface area contributed by atoms with Gasteiger partial charge in [-0.2, -0.15) is 0 Å². The summed E-state index contributed by atoms with van der Waals surface area (Å²) in [5, 5.41) is 10.2. The van der Waals surface area contributed by atoms with Crippen LogP contribution in [0.4, 0.5) is 22.7 Å². The third-order valence-corrected chi connectivity index (χ3v) is 5.30. The molecule has 7 heteroatoms. The van der Waals surface area contributed by atoms with Crippen LogP contribution in [-0.4, -0.2) is 43.6 Å². The number of hydrogen-bond acceptors (Lipinski definition) is 7. The topological polar surface area (TPSA) is 102 Å². The molecular formula is C30H28N4O3. The summed E-state index contributed by atoms with van der Waals surface area (Å²) in [7, 11) is 0. The lowest BCUT2D eigenvalue weighted by Gasteiger charge is -2.14. The van der Waals surface area contributed by atoms with Gasteiger partial charge in [-0.15, -0.1) is 0 Å².